The van der Waals surface area contributed by atoms with Crippen molar-refractivity contribution in [2.45, 2.75) is 6.54 Å². The van der Waals surface area contributed by atoms with Gasteiger partial charge in [0.15, 0.2) is 5.11 Å². The number of hydrogen-bond acceptors (Lipinski definition) is 5. The van der Waals surface area contributed by atoms with E-state index < -0.39 is 0 Å². The van der Waals surface area contributed by atoms with E-state index in [1.165, 1.54) is 0 Å². The number of anilines is 1. The van der Waals surface area contributed by atoms with Crippen molar-refractivity contribution in [2.75, 3.05) is 45.7 Å². The Morgan fingerprint density at radius 1 is 1.19 bits per heavy atom. The largest absolute Gasteiger partial charge is 0.495 e. The number of furan rings is 1. The Kier molecular flexibility index (Phi) is 6.24. The van der Waals surface area contributed by atoms with E-state index in [9.17, 15) is 0 Å². The fourth-order valence-electron chi connectivity index (χ4n) is 2.88. The third kappa shape index (κ3) is 4.41. The lowest BCUT2D eigenvalue weighted by Crippen LogP contribution is -2.49. The van der Waals surface area contributed by atoms with Crippen LogP contribution in [0.1, 0.15) is 5.76 Å². The summed E-state index contributed by atoms with van der Waals surface area (Å²) < 4.78 is 16.1. The number of ether oxygens (including phenoxy) is 2. The standard InChI is InChI=1S/C18H22ClN3O3S/c1-23-16-11-15(17(24-2)10-14(16)19)20-18(26)22-7-5-21(6-8-22)12-13-4-3-9-25-13/h3-4,9-11H,5-8,12H2,1-2H3,(H,20,26). The molecule has 0 aliphatic carbocycles. The number of nitrogens with one attached hydrogen (secondary N) is 1. The van der Waals surface area contributed by atoms with Gasteiger partial charge < -0.3 is 24.1 Å². The van der Waals surface area contributed by atoms with Crippen molar-refractivity contribution in [3.63, 3.8) is 0 Å². The van der Waals surface area contributed by atoms with Gasteiger partial charge in [-0.2, -0.15) is 0 Å². The zero-order chi connectivity index (χ0) is 18.5. The molecule has 0 radical (unpaired) electrons. The highest BCUT2D eigenvalue weighted by Gasteiger charge is 2.21. The highest BCUT2D eigenvalue weighted by Crippen LogP contribution is 2.36. The first-order valence-corrected chi connectivity index (χ1v) is 9.11. The van der Waals surface area contributed by atoms with Crippen LogP contribution < -0.4 is 14.8 Å². The van der Waals surface area contributed by atoms with Gasteiger partial charge in [0.25, 0.3) is 0 Å². The fraction of sp³-hybridized carbons (Fsp3) is 0.389. The molecule has 1 aromatic carbocycles. The Balaban J connectivity index is 1.59. The maximum absolute atomic E-state index is 6.15. The van der Waals surface area contributed by atoms with Gasteiger partial charge in [-0.3, -0.25) is 4.90 Å². The maximum atomic E-state index is 6.15. The number of nitrogens with zero attached hydrogens (tertiary/aromatic N) is 2. The van der Waals surface area contributed by atoms with E-state index in [0.717, 1.165) is 44.2 Å². The average molecular weight is 396 g/mol. The summed E-state index contributed by atoms with van der Waals surface area (Å²) in [6.07, 6.45) is 1.71. The van der Waals surface area contributed by atoms with Crippen LogP contribution >= 0.6 is 23.8 Å². The summed E-state index contributed by atoms with van der Waals surface area (Å²) in [7, 11) is 3.17. The summed E-state index contributed by atoms with van der Waals surface area (Å²) in [5.74, 6) is 2.17. The van der Waals surface area contributed by atoms with Crippen molar-refractivity contribution in [1.82, 2.24) is 9.80 Å². The van der Waals surface area contributed by atoms with E-state index in [1.54, 1.807) is 32.6 Å². The van der Waals surface area contributed by atoms with Crippen LogP contribution in [0.2, 0.25) is 5.02 Å². The van der Waals surface area contributed by atoms with E-state index in [-0.39, 0.29) is 0 Å². The second-order valence-corrected chi connectivity index (χ2v) is 6.75. The van der Waals surface area contributed by atoms with Gasteiger partial charge in [0.1, 0.15) is 17.3 Å². The molecule has 0 saturated carbocycles. The van der Waals surface area contributed by atoms with Crippen molar-refractivity contribution >= 4 is 34.6 Å². The molecule has 0 bridgehead atoms. The van der Waals surface area contributed by atoms with Crippen molar-refractivity contribution in [2.24, 2.45) is 0 Å². The summed E-state index contributed by atoms with van der Waals surface area (Å²) in [6.45, 7) is 4.36. The normalized spacial score (nSPS) is 15.0. The topological polar surface area (TPSA) is 50.1 Å². The third-order valence-electron chi connectivity index (χ3n) is 4.33. The predicted molar refractivity (Wildman–Crippen MR) is 106 cm³/mol. The second kappa shape index (κ2) is 8.62. The van der Waals surface area contributed by atoms with Gasteiger partial charge in [0.2, 0.25) is 0 Å². The molecule has 0 amide bonds. The van der Waals surface area contributed by atoms with E-state index in [1.807, 2.05) is 12.1 Å². The van der Waals surface area contributed by atoms with E-state index in [2.05, 4.69) is 15.1 Å². The molecule has 0 atom stereocenters. The fourth-order valence-corrected chi connectivity index (χ4v) is 3.41. The first-order valence-electron chi connectivity index (χ1n) is 8.33. The summed E-state index contributed by atoms with van der Waals surface area (Å²) in [6, 6.07) is 7.42. The molecule has 2 aromatic rings. The van der Waals surface area contributed by atoms with Gasteiger partial charge in [-0.1, -0.05) is 11.6 Å². The number of methoxy groups -OCH3 is 2. The number of benzene rings is 1. The Labute approximate surface area is 163 Å². The van der Waals surface area contributed by atoms with Gasteiger partial charge in [0.05, 0.1) is 37.7 Å². The zero-order valence-electron chi connectivity index (χ0n) is 14.8. The van der Waals surface area contributed by atoms with Gasteiger partial charge in [-0.05, 0) is 24.4 Å². The van der Waals surface area contributed by atoms with Gasteiger partial charge >= 0.3 is 0 Å². The number of hydrogen-bond donors (Lipinski definition) is 1. The summed E-state index contributed by atoms with van der Waals surface area (Å²) in [4.78, 5) is 4.50. The molecule has 1 fully saturated rings. The highest BCUT2D eigenvalue weighted by atomic mass is 35.5. The second-order valence-electron chi connectivity index (χ2n) is 5.96. The third-order valence-corrected chi connectivity index (χ3v) is 4.99. The van der Waals surface area contributed by atoms with Gasteiger partial charge in [0, 0.05) is 38.3 Å². The maximum Gasteiger partial charge on any atom is 0.173 e. The van der Waals surface area contributed by atoms with Crippen molar-refractivity contribution < 1.29 is 13.9 Å². The molecule has 1 N–H and O–H groups in total. The molecule has 3 rings (SSSR count). The first-order chi connectivity index (χ1) is 12.6. The molecule has 1 aromatic heterocycles. The first kappa shape index (κ1) is 18.8. The van der Waals surface area contributed by atoms with Crippen molar-refractivity contribution in [3.8, 4) is 11.5 Å². The average Bonchev–Trinajstić information content (AvgIpc) is 3.16. The molecule has 0 unspecified atom stereocenters. The number of piperazine rings is 1. The molecule has 1 aliphatic heterocycles. The summed E-state index contributed by atoms with van der Waals surface area (Å²) >= 11 is 11.7. The van der Waals surface area contributed by atoms with Crippen LogP contribution in [0.25, 0.3) is 0 Å². The van der Waals surface area contributed by atoms with Crippen molar-refractivity contribution in [1.29, 1.82) is 0 Å². The number of rotatable bonds is 5. The minimum absolute atomic E-state index is 0.493. The van der Waals surface area contributed by atoms with Crippen LogP contribution in [-0.2, 0) is 6.54 Å². The Morgan fingerprint density at radius 2 is 1.92 bits per heavy atom. The Morgan fingerprint density at radius 3 is 2.54 bits per heavy atom. The molecule has 2 heterocycles. The van der Waals surface area contributed by atoms with E-state index in [0.29, 0.717) is 21.6 Å². The van der Waals surface area contributed by atoms with Crippen LogP contribution in [0.3, 0.4) is 0 Å². The lowest BCUT2D eigenvalue weighted by molar-refractivity contribution is 0.166. The van der Waals surface area contributed by atoms with Crippen LogP contribution in [0.4, 0.5) is 5.69 Å². The van der Waals surface area contributed by atoms with E-state index >= 15 is 0 Å². The predicted octanol–water partition coefficient (Wildman–Crippen LogP) is 3.46. The molecule has 6 nitrogen and oxygen atoms in total. The van der Waals surface area contributed by atoms with Crippen LogP contribution in [0, 0.1) is 0 Å². The number of halogens is 1. The molecule has 1 saturated heterocycles. The van der Waals surface area contributed by atoms with Crippen LogP contribution in [-0.4, -0.2) is 55.3 Å². The van der Waals surface area contributed by atoms with Crippen LogP contribution in [0.15, 0.2) is 34.9 Å². The molecule has 8 heteroatoms. The minimum Gasteiger partial charge on any atom is -0.495 e. The van der Waals surface area contributed by atoms with E-state index in [4.69, 9.17) is 37.7 Å². The quantitative estimate of drug-likeness (QED) is 0.778. The summed E-state index contributed by atoms with van der Waals surface area (Å²) in [5, 5.41) is 4.40. The smallest absolute Gasteiger partial charge is 0.173 e. The molecule has 26 heavy (non-hydrogen) atoms. The van der Waals surface area contributed by atoms with Crippen molar-refractivity contribution in [3.05, 3.63) is 41.3 Å². The van der Waals surface area contributed by atoms with Gasteiger partial charge in [-0.15, -0.1) is 0 Å². The zero-order valence-corrected chi connectivity index (χ0v) is 16.4. The molecular weight excluding hydrogens is 374 g/mol. The molecule has 0 spiro atoms. The monoisotopic (exact) mass is 395 g/mol. The highest BCUT2D eigenvalue weighted by molar-refractivity contribution is 7.80. The minimum atomic E-state index is 0.493. The lowest BCUT2D eigenvalue weighted by atomic mass is 10.2. The Hall–Kier alpha value is -1.96. The SMILES string of the molecule is COc1cc(NC(=S)N2CCN(Cc3ccco3)CC2)c(OC)cc1Cl. The Bertz CT molecular complexity index is 746. The summed E-state index contributed by atoms with van der Waals surface area (Å²) in [5.41, 5.74) is 0.733. The lowest BCUT2D eigenvalue weighted by Gasteiger charge is -2.35. The van der Waals surface area contributed by atoms with Gasteiger partial charge in [-0.25, -0.2) is 0 Å². The molecule has 140 valence electrons. The molecule has 1 aliphatic rings. The van der Waals surface area contributed by atoms with Crippen LogP contribution in [0.5, 0.6) is 11.5 Å². The number of thiocarbonyl (C=S) groups is 1. The molecular formula is C18H22ClN3O3S.